The van der Waals surface area contributed by atoms with Gasteiger partial charge in [0.05, 0.1) is 5.41 Å². The third-order valence-corrected chi connectivity index (χ3v) is 4.85. The van der Waals surface area contributed by atoms with E-state index in [9.17, 15) is 4.79 Å². The first kappa shape index (κ1) is 13.8. The lowest BCUT2D eigenvalue weighted by Crippen LogP contribution is -2.58. The summed E-state index contributed by atoms with van der Waals surface area (Å²) in [6.07, 6.45) is 3.14. The first-order valence-electron chi connectivity index (χ1n) is 7.29. The minimum atomic E-state index is -0.131. The fourth-order valence-corrected chi connectivity index (χ4v) is 3.17. The van der Waals surface area contributed by atoms with E-state index in [1.54, 1.807) is 0 Å². The predicted molar refractivity (Wildman–Crippen MR) is 73.5 cm³/mol. The number of amides is 1. The fourth-order valence-electron chi connectivity index (χ4n) is 3.17. The van der Waals surface area contributed by atoms with Crippen molar-refractivity contribution in [2.24, 2.45) is 5.41 Å². The quantitative estimate of drug-likeness (QED) is 0.795. The Hall–Kier alpha value is -0.610. The Balaban J connectivity index is 2.05. The molecule has 0 radical (unpaired) electrons. The molecule has 2 aliphatic heterocycles. The summed E-state index contributed by atoms with van der Waals surface area (Å²) in [5.41, 5.74) is -0.131. The van der Waals surface area contributed by atoms with Crippen molar-refractivity contribution in [2.75, 3.05) is 39.8 Å². The number of piperazine rings is 1. The maximum absolute atomic E-state index is 12.8. The fraction of sp³-hybridized carbons (Fsp3) is 0.929. The van der Waals surface area contributed by atoms with Gasteiger partial charge in [0.2, 0.25) is 5.91 Å². The average Bonchev–Trinajstić information content (AvgIpc) is 2.42. The zero-order valence-electron chi connectivity index (χ0n) is 12.0. The average molecular weight is 253 g/mol. The van der Waals surface area contributed by atoms with Crippen molar-refractivity contribution >= 4 is 5.91 Å². The summed E-state index contributed by atoms with van der Waals surface area (Å²) in [7, 11) is 2.14. The van der Waals surface area contributed by atoms with Crippen molar-refractivity contribution in [1.29, 1.82) is 0 Å². The van der Waals surface area contributed by atoms with Crippen LogP contribution in [0.15, 0.2) is 0 Å². The van der Waals surface area contributed by atoms with Gasteiger partial charge in [-0.2, -0.15) is 0 Å². The summed E-state index contributed by atoms with van der Waals surface area (Å²) in [5.74, 6) is 0.386. The van der Waals surface area contributed by atoms with Crippen LogP contribution >= 0.6 is 0 Å². The molecule has 0 aromatic heterocycles. The van der Waals surface area contributed by atoms with Gasteiger partial charge in [-0.1, -0.05) is 6.92 Å². The van der Waals surface area contributed by atoms with E-state index < -0.39 is 0 Å². The van der Waals surface area contributed by atoms with Crippen molar-refractivity contribution < 1.29 is 4.79 Å². The second kappa shape index (κ2) is 5.57. The number of nitrogens with one attached hydrogen (secondary N) is 1. The molecule has 2 saturated heterocycles. The van der Waals surface area contributed by atoms with Crippen LogP contribution in [0.1, 0.15) is 33.1 Å². The van der Waals surface area contributed by atoms with Gasteiger partial charge in [-0.25, -0.2) is 0 Å². The molecular weight excluding hydrogens is 226 g/mol. The van der Waals surface area contributed by atoms with Gasteiger partial charge in [-0.15, -0.1) is 0 Å². The Morgan fingerprint density at radius 2 is 2.22 bits per heavy atom. The van der Waals surface area contributed by atoms with E-state index in [2.05, 4.69) is 36.0 Å². The third-order valence-electron chi connectivity index (χ3n) is 4.85. The first-order valence-corrected chi connectivity index (χ1v) is 7.29. The molecule has 0 bridgehead atoms. The number of carbonyl (C=O) groups is 1. The molecule has 4 heteroatoms. The minimum absolute atomic E-state index is 0.131. The highest BCUT2D eigenvalue weighted by Gasteiger charge is 2.41. The molecule has 18 heavy (non-hydrogen) atoms. The minimum Gasteiger partial charge on any atom is -0.339 e. The van der Waals surface area contributed by atoms with Crippen LogP contribution in [0.3, 0.4) is 0 Å². The van der Waals surface area contributed by atoms with E-state index >= 15 is 0 Å². The van der Waals surface area contributed by atoms with Crippen molar-refractivity contribution in [3.63, 3.8) is 0 Å². The molecule has 104 valence electrons. The molecule has 0 spiro atoms. The second-order valence-electron chi connectivity index (χ2n) is 6.00. The van der Waals surface area contributed by atoms with Crippen LogP contribution in [0, 0.1) is 5.41 Å². The molecule has 2 atom stereocenters. The highest BCUT2D eigenvalue weighted by Crippen LogP contribution is 2.32. The van der Waals surface area contributed by atoms with Crippen LogP contribution in [-0.4, -0.2) is 61.5 Å². The number of piperidine rings is 1. The van der Waals surface area contributed by atoms with Crippen molar-refractivity contribution in [3.8, 4) is 0 Å². The lowest BCUT2D eigenvalue weighted by Gasteiger charge is -2.44. The molecule has 2 fully saturated rings. The maximum Gasteiger partial charge on any atom is 0.230 e. The molecule has 2 heterocycles. The summed E-state index contributed by atoms with van der Waals surface area (Å²) >= 11 is 0. The van der Waals surface area contributed by atoms with Gasteiger partial charge < -0.3 is 15.1 Å². The van der Waals surface area contributed by atoms with Crippen LogP contribution in [0.2, 0.25) is 0 Å². The molecule has 0 aliphatic carbocycles. The highest BCUT2D eigenvalue weighted by molar-refractivity contribution is 5.83. The van der Waals surface area contributed by atoms with Gasteiger partial charge >= 0.3 is 0 Å². The third kappa shape index (κ3) is 2.54. The van der Waals surface area contributed by atoms with Gasteiger partial charge in [-0.05, 0) is 39.8 Å². The van der Waals surface area contributed by atoms with Crippen LogP contribution in [0.4, 0.5) is 0 Å². The van der Waals surface area contributed by atoms with Crippen LogP contribution < -0.4 is 5.32 Å². The number of carbonyl (C=O) groups excluding carboxylic acids is 1. The Morgan fingerprint density at radius 3 is 2.78 bits per heavy atom. The largest absolute Gasteiger partial charge is 0.339 e. The summed E-state index contributed by atoms with van der Waals surface area (Å²) in [6.45, 7) is 9.07. The number of hydrogen-bond donors (Lipinski definition) is 1. The van der Waals surface area contributed by atoms with Crippen molar-refractivity contribution in [3.05, 3.63) is 0 Å². The predicted octanol–water partition coefficient (Wildman–Crippen LogP) is 0.929. The van der Waals surface area contributed by atoms with Gasteiger partial charge in [0.1, 0.15) is 0 Å². The molecule has 0 aromatic carbocycles. The SMILES string of the molecule is CCC1(C(=O)N2CCN(C)C(C)C2)CCCNC1. The zero-order chi connectivity index (χ0) is 13.2. The summed E-state index contributed by atoms with van der Waals surface area (Å²) < 4.78 is 0. The van der Waals surface area contributed by atoms with Crippen molar-refractivity contribution in [2.45, 2.75) is 39.2 Å². The molecule has 2 rings (SSSR count). The lowest BCUT2D eigenvalue weighted by molar-refractivity contribution is -0.146. The highest BCUT2D eigenvalue weighted by atomic mass is 16.2. The lowest BCUT2D eigenvalue weighted by atomic mass is 9.77. The van der Waals surface area contributed by atoms with E-state index in [1.165, 1.54) is 0 Å². The summed E-state index contributed by atoms with van der Waals surface area (Å²) in [5, 5.41) is 3.41. The summed E-state index contributed by atoms with van der Waals surface area (Å²) in [4.78, 5) is 17.3. The molecular formula is C14H27N3O. The molecule has 0 aromatic rings. The number of rotatable bonds is 2. The Bertz CT molecular complexity index is 299. The Kier molecular flexibility index (Phi) is 4.28. The van der Waals surface area contributed by atoms with Gasteiger partial charge in [0.25, 0.3) is 0 Å². The molecule has 2 aliphatic rings. The zero-order valence-corrected chi connectivity index (χ0v) is 12.0. The molecule has 1 amide bonds. The van der Waals surface area contributed by atoms with E-state index in [1.807, 2.05) is 0 Å². The van der Waals surface area contributed by atoms with Crippen LogP contribution in [-0.2, 0) is 4.79 Å². The van der Waals surface area contributed by atoms with Crippen LogP contribution in [0.25, 0.3) is 0 Å². The van der Waals surface area contributed by atoms with E-state index in [-0.39, 0.29) is 5.41 Å². The first-order chi connectivity index (χ1) is 8.59. The van der Waals surface area contributed by atoms with E-state index in [0.717, 1.165) is 52.0 Å². The van der Waals surface area contributed by atoms with Crippen molar-refractivity contribution in [1.82, 2.24) is 15.1 Å². The Morgan fingerprint density at radius 1 is 1.44 bits per heavy atom. The molecule has 4 nitrogen and oxygen atoms in total. The monoisotopic (exact) mass is 253 g/mol. The molecule has 0 saturated carbocycles. The second-order valence-corrected chi connectivity index (χ2v) is 6.00. The summed E-state index contributed by atoms with van der Waals surface area (Å²) in [6, 6.07) is 0.480. The Labute approximate surface area is 111 Å². The number of nitrogens with zero attached hydrogens (tertiary/aromatic N) is 2. The number of likely N-dealkylation sites (N-methyl/N-ethyl adjacent to an activating group) is 1. The van der Waals surface area contributed by atoms with Crippen LogP contribution in [0.5, 0.6) is 0 Å². The standard InChI is InChI=1S/C14H27N3O/c1-4-14(6-5-7-15-11-14)13(18)17-9-8-16(3)12(2)10-17/h12,15H,4-11H2,1-3H3. The van der Waals surface area contributed by atoms with Gasteiger partial charge in [0, 0.05) is 32.2 Å². The number of hydrogen-bond acceptors (Lipinski definition) is 3. The smallest absolute Gasteiger partial charge is 0.230 e. The normalized spacial score (nSPS) is 34.6. The van der Waals surface area contributed by atoms with Gasteiger partial charge in [-0.3, -0.25) is 4.79 Å². The van der Waals surface area contributed by atoms with E-state index in [0.29, 0.717) is 11.9 Å². The topological polar surface area (TPSA) is 35.6 Å². The molecule has 1 N–H and O–H groups in total. The van der Waals surface area contributed by atoms with E-state index in [4.69, 9.17) is 0 Å². The van der Waals surface area contributed by atoms with Gasteiger partial charge in [0.15, 0.2) is 0 Å². The maximum atomic E-state index is 12.8. The molecule has 2 unspecified atom stereocenters.